The van der Waals surface area contributed by atoms with Gasteiger partial charge < -0.3 is 9.84 Å². The maximum atomic E-state index is 13.9. The molecule has 206 valence electrons. The lowest BCUT2D eigenvalue weighted by Gasteiger charge is -2.51. The summed E-state index contributed by atoms with van der Waals surface area (Å²) in [5.74, 6) is -3.90. The van der Waals surface area contributed by atoms with E-state index in [0.717, 1.165) is 15.4 Å². The van der Waals surface area contributed by atoms with Gasteiger partial charge in [-0.05, 0) is 54.0 Å². The molecule has 1 aromatic heterocycles. The SMILES string of the molecule is CN1C(=O)[C@]2(Cl)C[C@@H]3C(=CC[C@@H]4C(=O)N(Cc5cccs5)C(=O)[C@@H]43)[C@H](C3=COc4ccc(O)cc4C3)[C@]2(Cl)C1=O. The van der Waals surface area contributed by atoms with E-state index in [2.05, 4.69) is 0 Å². The van der Waals surface area contributed by atoms with Crippen LogP contribution in [0.15, 0.2) is 59.2 Å². The Hall–Kier alpha value is -3.14. The van der Waals surface area contributed by atoms with E-state index in [-0.39, 0.29) is 37.0 Å². The van der Waals surface area contributed by atoms with Crippen LogP contribution in [-0.2, 0) is 32.1 Å². The van der Waals surface area contributed by atoms with E-state index in [0.29, 0.717) is 23.3 Å². The van der Waals surface area contributed by atoms with Gasteiger partial charge in [0.2, 0.25) is 11.8 Å². The summed E-state index contributed by atoms with van der Waals surface area (Å²) in [5.41, 5.74) is 2.02. The summed E-state index contributed by atoms with van der Waals surface area (Å²) >= 11 is 15.9. The van der Waals surface area contributed by atoms with E-state index in [4.69, 9.17) is 27.9 Å². The average Bonchev–Trinajstić information content (AvgIpc) is 3.57. The van der Waals surface area contributed by atoms with Gasteiger partial charge in [0.05, 0.1) is 24.6 Å². The van der Waals surface area contributed by atoms with Crippen molar-refractivity contribution in [1.29, 1.82) is 0 Å². The van der Waals surface area contributed by atoms with Gasteiger partial charge in [0.15, 0.2) is 9.75 Å². The number of halogens is 2. The average molecular weight is 599 g/mol. The number of carbonyl (C=O) groups excluding carboxylic acids is 4. The number of imide groups is 2. The number of thiophene rings is 1. The topological polar surface area (TPSA) is 104 Å². The van der Waals surface area contributed by atoms with Gasteiger partial charge in [-0.1, -0.05) is 17.7 Å². The first-order valence-electron chi connectivity index (χ1n) is 13.0. The molecule has 1 N–H and O–H groups in total. The van der Waals surface area contributed by atoms with Crippen molar-refractivity contribution in [3.05, 3.63) is 69.6 Å². The van der Waals surface area contributed by atoms with Gasteiger partial charge in [0.1, 0.15) is 11.5 Å². The second-order valence-electron chi connectivity index (χ2n) is 11.1. The molecule has 11 heteroatoms. The van der Waals surface area contributed by atoms with Crippen molar-refractivity contribution < 1.29 is 29.0 Å². The first-order valence-corrected chi connectivity index (χ1v) is 14.6. The number of phenols is 1. The number of rotatable bonds is 3. The highest BCUT2D eigenvalue weighted by atomic mass is 35.5. The number of phenolic OH excluding ortho intramolecular Hbond substituents is 1. The molecule has 0 spiro atoms. The fraction of sp³-hybridized carbons (Fsp3) is 0.379. The third kappa shape index (κ3) is 3.25. The van der Waals surface area contributed by atoms with Crippen LogP contribution in [0.5, 0.6) is 11.5 Å². The molecule has 7 rings (SSSR count). The Balaban J connectivity index is 1.34. The molecule has 3 aliphatic heterocycles. The van der Waals surface area contributed by atoms with Crippen molar-refractivity contribution in [3.8, 4) is 11.5 Å². The van der Waals surface area contributed by atoms with Crippen LogP contribution in [0, 0.1) is 23.7 Å². The molecule has 5 aliphatic rings. The summed E-state index contributed by atoms with van der Waals surface area (Å²) in [4.78, 5) is 54.1. The minimum atomic E-state index is -1.86. The van der Waals surface area contributed by atoms with Gasteiger partial charge >= 0.3 is 0 Å². The Morgan fingerprint density at radius 3 is 2.65 bits per heavy atom. The molecule has 0 radical (unpaired) electrons. The number of hydrogen-bond donors (Lipinski definition) is 1. The monoisotopic (exact) mass is 598 g/mol. The molecule has 4 amide bonds. The fourth-order valence-electron chi connectivity index (χ4n) is 7.33. The van der Waals surface area contributed by atoms with Crippen LogP contribution in [0.3, 0.4) is 0 Å². The largest absolute Gasteiger partial charge is 0.508 e. The molecule has 40 heavy (non-hydrogen) atoms. The van der Waals surface area contributed by atoms with Crippen molar-refractivity contribution in [1.82, 2.24) is 9.80 Å². The molecule has 2 saturated heterocycles. The van der Waals surface area contributed by atoms with Crippen LogP contribution in [-0.4, -0.2) is 55.3 Å². The van der Waals surface area contributed by atoms with Gasteiger partial charge in [-0.2, -0.15) is 0 Å². The molecule has 2 aliphatic carbocycles. The maximum Gasteiger partial charge on any atom is 0.253 e. The summed E-state index contributed by atoms with van der Waals surface area (Å²) in [7, 11) is 1.36. The van der Waals surface area contributed by atoms with Crippen molar-refractivity contribution in [2.45, 2.75) is 35.6 Å². The minimum absolute atomic E-state index is 0.0478. The molecule has 1 aromatic carbocycles. The number of benzene rings is 1. The van der Waals surface area contributed by atoms with Crippen LogP contribution in [0.25, 0.3) is 0 Å². The van der Waals surface area contributed by atoms with Crippen LogP contribution in [0.1, 0.15) is 23.3 Å². The first kappa shape index (κ1) is 25.8. The molecule has 2 aromatic rings. The third-order valence-electron chi connectivity index (χ3n) is 9.15. The zero-order valence-electron chi connectivity index (χ0n) is 21.3. The van der Waals surface area contributed by atoms with E-state index < -0.39 is 45.2 Å². The molecular weight excluding hydrogens is 575 g/mol. The van der Waals surface area contributed by atoms with Gasteiger partial charge in [-0.25, -0.2) is 0 Å². The van der Waals surface area contributed by atoms with E-state index in [1.165, 1.54) is 35.6 Å². The molecule has 0 unspecified atom stereocenters. The number of nitrogens with zero attached hydrogens (tertiary/aromatic N) is 2. The Bertz CT molecular complexity index is 1570. The van der Waals surface area contributed by atoms with Crippen LogP contribution >= 0.6 is 34.5 Å². The summed E-state index contributed by atoms with van der Waals surface area (Å²) in [5, 5.41) is 12.0. The number of fused-ring (bicyclic) bond motifs is 5. The molecular formula is C29H24Cl2N2O6S. The van der Waals surface area contributed by atoms with Crippen molar-refractivity contribution in [2.75, 3.05) is 7.05 Å². The summed E-state index contributed by atoms with van der Waals surface area (Å²) < 4.78 is 5.90. The number of amides is 4. The number of alkyl halides is 2. The van der Waals surface area contributed by atoms with E-state index in [1.54, 1.807) is 12.1 Å². The Labute approximate surface area is 243 Å². The van der Waals surface area contributed by atoms with Crippen molar-refractivity contribution in [2.24, 2.45) is 23.7 Å². The van der Waals surface area contributed by atoms with Crippen molar-refractivity contribution in [3.63, 3.8) is 0 Å². The number of hydrogen-bond acceptors (Lipinski definition) is 7. The minimum Gasteiger partial charge on any atom is -0.508 e. The predicted molar refractivity (Wildman–Crippen MR) is 147 cm³/mol. The zero-order valence-corrected chi connectivity index (χ0v) is 23.6. The van der Waals surface area contributed by atoms with Crippen LogP contribution in [0.2, 0.25) is 0 Å². The normalized spacial score (nSPS) is 34.6. The van der Waals surface area contributed by atoms with Gasteiger partial charge in [-0.3, -0.25) is 29.0 Å². The first-order chi connectivity index (χ1) is 19.1. The lowest BCUT2D eigenvalue weighted by Crippen LogP contribution is -2.61. The standard InChI is InChI=1S/C29H24Cl2N2O6S/c1-32-26(37)28(30)11-20-18(5-6-19-22(20)25(36)33(24(19)35)12-17-3-2-8-40-17)23(29(28,31)27(32)38)15-9-14-10-16(34)4-7-21(14)39-13-15/h2-5,7-8,10,13,19-20,22-23,34H,6,9,11-12H2,1H3/t19-,20+,22-,23-,28+,29-/m0/s1. The van der Waals surface area contributed by atoms with Crippen molar-refractivity contribution >= 4 is 58.2 Å². The third-order valence-corrected chi connectivity index (χ3v) is 11.4. The second kappa shape index (κ2) is 8.68. The van der Waals surface area contributed by atoms with Crippen LogP contribution in [0.4, 0.5) is 0 Å². The predicted octanol–water partition coefficient (Wildman–Crippen LogP) is 3.99. The quantitative estimate of drug-likeness (QED) is 0.325. The van der Waals surface area contributed by atoms with Gasteiger partial charge in [-0.15, -0.1) is 34.5 Å². The fourth-order valence-corrected chi connectivity index (χ4v) is 9.06. The summed E-state index contributed by atoms with van der Waals surface area (Å²) in [6, 6.07) is 8.50. The summed E-state index contributed by atoms with van der Waals surface area (Å²) in [6.07, 6.45) is 3.99. The Morgan fingerprint density at radius 2 is 1.90 bits per heavy atom. The molecule has 4 heterocycles. The Kier molecular flexibility index (Phi) is 5.60. The number of aromatic hydroxyl groups is 1. The number of likely N-dealkylation sites (tertiary alicyclic amines) is 2. The molecule has 3 fully saturated rings. The van der Waals surface area contributed by atoms with Gasteiger partial charge in [0, 0.05) is 29.8 Å². The Morgan fingerprint density at radius 1 is 1.10 bits per heavy atom. The van der Waals surface area contributed by atoms with E-state index in [9.17, 15) is 24.3 Å². The molecule has 8 nitrogen and oxygen atoms in total. The smallest absolute Gasteiger partial charge is 0.253 e. The van der Waals surface area contributed by atoms with Gasteiger partial charge in [0.25, 0.3) is 11.8 Å². The highest BCUT2D eigenvalue weighted by molar-refractivity contribution is 7.09. The maximum absolute atomic E-state index is 13.9. The molecule has 0 bridgehead atoms. The lowest BCUT2D eigenvalue weighted by atomic mass is 9.56. The van der Waals surface area contributed by atoms with E-state index >= 15 is 0 Å². The number of allylic oxidation sites excluding steroid dienone is 3. The molecule has 6 atom stereocenters. The van der Waals surface area contributed by atoms with E-state index in [1.807, 2.05) is 23.6 Å². The highest BCUT2D eigenvalue weighted by Crippen LogP contribution is 2.64. The number of ether oxygens (including phenoxy) is 1. The zero-order chi connectivity index (χ0) is 28.1. The molecule has 1 saturated carbocycles. The summed E-state index contributed by atoms with van der Waals surface area (Å²) in [6.45, 7) is 0.193. The number of carbonyl (C=O) groups is 4. The van der Waals surface area contributed by atoms with Crippen LogP contribution < -0.4 is 4.74 Å². The highest BCUT2D eigenvalue weighted by Gasteiger charge is 2.76. The lowest BCUT2D eigenvalue weighted by molar-refractivity contribution is -0.141. The second-order valence-corrected chi connectivity index (χ2v) is 13.4.